The molecule has 0 aromatic heterocycles. The van der Waals surface area contributed by atoms with Crippen LogP contribution >= 0.6 is 0 Å². The lowest BCUT2D eigenvalue weighted by Crippen LogP contribution is -2.39. The molecule has 0 aliphatic heterocycles. The van der Waals surface area contributed by atoms with Gasteiger partial charge in [0.05, 0.1) is 7.11 Å². The molecule has 0 heterocycles. The van der Waals surface area contributed by atoms with Crippen molar-refractivity contribution in [3.8, 4) is 5.75 Å². The number of rotatable bonds is 4. The predicted octanol–water partition coefficient (Wildman–Crippen LogP) is 5.36. The number of ether oxygens (including phenoxy) is 1. The van der Waals surface area contributed by atoms with E-state index in [0.29, 0.717) is 6.04 Å². The van der Waals surface area contributed by atoms with Crippen molar-refractivity contribution in [2.75, 3.05) is 7.11 Å². The zero-order valence-electron chi connectivity index (χ0n) is 15.8. The van der Waals surface area contributed by atoms with Gasteiger partial charge in [-0.15, -0.1) is 0 Å². The van der Waals surface area contributed by atoms with Gasteiger partial charge >= 0.3 is 0 Å². The van der Waals surface area contributed by atoms with Gasteiger partial charge in [-0.1, -0.05) is 44.6 Å². The van der Waals surface area contributed by atoms with Crippen LogP contribution < -0.4 is 10.1 Å². The molecule has 0 radical (unpaired) electrons. The van der Waals surface area contributed by atoms with Crippen molar-refractivity contribution in [1.82, 2.24) is 5.32 Å². The highest BCUT2D eigenvalue weighted by Gasteiger charge is 2.28. The van der Waals surface area contributed by atoms with Gasteiger partial charge in [0.25, 0.3) is 0 Å². The molecular weight excluding hydrogens is 294 g/mol. The maximum absolute atomic E-state index is 5.61. The molecule has 3 aliphatic rings. The van der Waals surface area contributed by atoms with Crippen molar-refractivity contribution in [1.29, 1.82) is 0 Å². The summed E-state index contributed by atoms with van der Waals surface area (Å²) < 4.78 is 5.61. The second-order valence-corrected chi connectivity index (χ2v) is 8.56. The van der Waals surface area contributed by atoms with E-state index in [0.717, 1.165) is 18.2 Å². The molecule has 1 N–H and O–H groups in total. The standard InChI is InChI=1S/C22H33NO/c1-22(2,3)19-11-12-21(24-4)18(14-19)15-23-20-13-16-7-5-6-8-17(20)10-9-16/h7,11-12,14,17,20,23H,5-6,8-10,13,15H2,1-4H3/t17?,20-/m1/s1. The fourth-order valence-electron chi connectivity index (χ4n) is 4.20. The van der Waals surface area contributed by atoms with E-state index in [2.05, 4.69) is 50.4 Å². The molecule has 1 fully saturated rings. The number of allylic oxidation sites excluding steroid dienone is 1. The van der Waals surface area contributed by atoms with Crippen molar-refractivity contribution >= 4 is 0 Å². The summed E-state index contributed by atoms with van der Waals surface area (Å²) in [6.45, 7) is 7.71. The minimum atomic E-state index is 0.172. The minimum absolute atomic E-state index is 0.172. The van der Waals surface area contributed by atoms with E-state index in [1.54, 1.807) is 12.7 Å². The molecule has 1 aromatic carbocycles. The summed E-state index contributed by atoms with van der Waals surface area (Å²) in [6.07, 6.45) is 10.5. The van der Waals surface area contributed by atoms with E-state index < -0.39 is 0 Å². The molecule has 4 rings (SSSR count). The zero-order chi connectivity index (χ0) is 17.2. The quantitative estimate of drug-likeness (QED) is 0.752. The van der Waals surface area contributed by atoms with E-state index in [1.807, 2.05) is 0 Å². The SMILES string of the molecule is COc1ccc(C(C)(C)C)cc1CN[C@@H]1CC2=CCCCC1CC2. The van der Waals surface area contributed by atoms with Crippen LogP contribution in [-0.4, -0.2) is 13.2 Å². The van der Waals surface area contributed by atoms with Crippen molar-refractivity contribution < 1.29 is 4.74 Å². The van der Waals surface area contributed by atoms with Crippen LogP contribution in [0.25, 0.3) is 0 Å². The summed E-state index contributed by atoms with van der Waals surface area (Å²) >= 11 is 0. The van der Waals surface area contributed by atoms with E-state index in [-0.39, 0.29) is 5.41 Å². The third-order valence-corrected chi connectivity index (χ3v) is 5.80. The molecule has 0 spiro atoms. The summed E-state index contributed by atoms with van der Waals surface area (Å²) in [6, 6.07) is 7.29. The summed E-state index contributed by atoms with van der Waals surface area (Å²) in [5, 5.41) is 3.87. The molecule has 2 atom stereocenters. The van der Waals surface area contributed by atoms with Gasteiger partial charge in [0.1, 0.15) is 5.75 Å². The molecule has 3 aliphatic carbocycles. The van der Waals surface area contributed by atoms with E-state index in [4.69, 9.17) is 4.74 Å². The predicted molar refractivity (Wildman–Crippen MR) is 102 cm³/mol. The smallest absolute Gasteiger partial charge is 0.123 e. The van der Waals surface area contributed by atoms with Gasteiger partial charge in [-0.25, -0.2) is 0 Å². The van der Waals surface area contributed by atoms with E-state index in [1.165, 1.54) is 49.7 Å². The minimum Gasteiger partial charge on any atom is -0.496 e. The van der Waals surface area contributed by atoms with Crippen molar-refractivity contribution in [2.45, 2.75) is 77.3 Å². The number of benzene rings is 1. The Labute approximate surface area is 147 Å². The Balaban J connectivity index is 1.74. The molecule has 132 valence electrons. The van der Waals surface area contributed by atoms with Gasteiger partial charge < -0.3 is 10.1 Å². The molecule has 1 unspecified atom stereocenters. The second kappa shape index (κ2) is 7.31. The number of methoxy groups -OCH3 is 1. The lowest BCUT2D eigenvalue weighted by Gasteiger charge is -2.36. The lowest BCUT2D eigenvalue weighted by molar-refractivity contribution is 0.270. The Bertz CT molecular complexity index is 596. The third-order valence-electron chi connectivity index (χ3n) is 5.80. The van der Waals surface area contributed by atoms with Crippen molar-refractivity contribution in [3.05, 3.63) is 41.0 Å². The zero-order valence-corrected chi connectivity index (χ0v) is 15.8. The maximum Gasteiger partial charge on any atom is 0.123 e. The van der Waals surface area contributed by atoms with Crippen molar-refractivity contribution in [2.24, 2.45) is 5.92 Å². The molecule has 0 amide bonds. The van der Waals surface area contributed by atoms with Crippen LogP contribution in [0, 0.1) is 5.92 Å². The fraction of sp³-hybridized carbons (Fsp3) is 0.636. The van der Waals surface area contributed by atoms with Gasteiger partial charge in [-0.3, -0.25) is 0 Å². The summed E-state index contributed by atoms with van der Waals surface area (Å²) in [5.41, 5.74) is 4.52. The first-order chi connectivity index (χ1) is 11.5. The normalized spacial score (nSPS) is 24.2. The number of hydrogen-bond donors (Lipinski definition) is 1. The van der Waals surface area contributed by atoms with E-state index >= 15 is 0 Å². The van der Waals surface area contributed by atoms with Gasteiger partial charge in [-0.05, 0) is 61.5 Å². The van der Waals surface area contributed by atoms with Crippen LogP contribution in [0.2, 0.25) is 0 Å². The topological polar surface area (TPSA) is 21.3 Å². The molecular formula is C22H33NO. The Hall–Kier alpha value is -1.28. The monoisotopic (exact) mass is 327 g/mol. The molecule has 2 bridgehead atoms. The average molecular weight is 328 g/mol. The molecule has 24 heavy (non-hydrogen) atoms. The summed E-state index contributed by atoms with van der Waals surface area (Å²) in [7, 11) is 1.78. The average Bonchev–Trinajstić information content (AvgIpc) is 2.52. The highest BCUT2D eigenvalue weighted by atomic mass is 16.5. The van der Waals surface area contributed by atoms with Crippen LogP contribution in [0.15, 0.2) is 29.8 Å². The van der Waals surface area contributed by atoms with Crippen molar-refractivity contribution in [3.63, 3.8) is 0 Å². The van der Waals surface area contributed by atoms with Gasteiger partial charge in [0.2, 0.25) is 0 Å². The molecule has 1 aromatic rings. The second-order valence-electron chi connectivity index (χ2n) is 8.56. The van der Waals surface area contributed by atoms with Gasteiger partial charge in [-0.2, -0.15) is 0 Å². The van der Waals surface area contributed by atoms with Crippen LogP contribution in [-0.2, 0) is 12.0 Å². The Kier molecular flexibility index (Phi) is 5.34. The summed E-state index contributed by atoms with van der Waals surface area (Å²) in [5.74, 6) is 1.85. The molecule has 2 nitrogen and oxygen atoms in total. The number of fused-ring (bicyclic) bond motifs is 5. The third kappa shape index (κ3) is 4.03. The number of hydrogen-bond acceptors (Lipinski definition) is 2. The first kappa shape index (κ1) is 17.5. The Morgan fingerprint density at radius 2 is 2.04 bits per heavy atom. The van der Waals surface area contributed by atoms with Crippen LogP contribution in [0.1, 0.15) is 70.4 Å². The summed E-state index contributed by atoms with van der Waals surface area (Å²) in [4.78, 5) is 0. The Morgan fingerprint density at radius 1 is 1.21 bits per heavy atom. The highest BCUT2D eigenvalue weighted by Crippen LogP contribution is 2.35. The van der Waals surface area contributed by atoms with Crippen LogP contribution in [0.3, 0.4) is 0 Å². The van der Waals surface area contributed by atoms with Crippen LogP contribution in [0.5, 0.6) is 5.75 Å². The first-order valence-corrected chi connectivity index (χ1v) is 9.56. The maximum atomic E-state index is 5.61. The number of nitrogens with one attached hydrogen (secondary N) is 1. The lowest BCUT2D eigenvalue weighted by atomic mass is 9.76. The molecule has 0 saturated heterocycles. The Morgan fingerprint density at radius 3 is 2.79 bits per heavy atom. The largest absolute Gasteiger partial charge is 0.496 e. The highest BCUT2D eigenvalue weighted by molar-refractivity contribution is 5.39. The van der Waals surface area contributed by atoms with E-state index in [9.17, 15) is 0 Å². The van der Waals surface area contributed by atoms with Gasteiger partial charge in [0, 0.05) is 18.2 Å². The first-order valence-electron chi connectivity index (χ1n) is 9.56. The van der Waals surface area contributed by atoms with Crippen LogP contribution in [0.4, 0.5) is 0 Å². The van der Waals surface area contributed by atoms with Gasteiger partial charge in [0.15, 0.2) is 0 Å². The molecule has 2 heteroatoms. The fourth-order valence-corrected chi connectivity index (χ4v) is 4.20. The molecule has 1 saturated carbocycles.